The molecule has 2 aromatic heterocycles. The van der Waals surface area contributed by atoms with Crippen LogP contribution < -0.4 is 9.13 Å². The molecule has 2 nitrogen and oxygen atoms in total. The number of benzene rings is 2. The molecule has 0 atom stereocenters. The maximum absolute atomic E-state index is 7.77. The summed E-state index contributed by atoms with van der Waals surface area (Å²) in [7, 11) is 3.87. The number of fused-ring (bicyclic) bond motifs is 2. The third kappa shape index (κ3) is 6.59. The molecule has 0 N–H and O–H groups in total. The standard InChI is InChI=1S/C23H32N.C22H30N/c1-15-12-21(24(8)14-17(15)3)18-13-20-19(11-16(18)2)22(4,5)9-10-23(20,6)7;1-15-8-9-20(23(7)14-15)17-13-19-18(12-16(17)2)21(3,4)10-11-22(19,5)6/h11-14H,9-10H2,1-8H3;8-9,12-14H,10-11H2,1-7H3/q2*+1/i3D3;1D3. The second kappa shape index (κ2) is 12.0. The summed E-state index contributed by atoms with van der Waals surface area (Å²) in [5, 5.41) is 0. The first-order valence-electron chi connectivity index (χ1n) is 20.4. The van der Waals surface area contributed by atoms with Crippen molar-refractivity contribution in [1.82, 2.24) is 0 Å². The summed E-state index contributed by atoms with van der Waals surface area (Å²) in [6.07, 6.45) is 8.26. The Hall–Kier alpha value is -3.26. The number of rotatable bonds is 2. The predicted molar refractivity (Wildman–Crippen MR) is 200 cm³/mol. The highest BCUT2D eigenvalue weighted by Gasteiger charge is 2.39. The van der Waals surface area contributed by atoms with Crippen LogP contribution in [0.1, 0.15) is 139 Å². The van der Waals surface area contributed by atoms with E-state index < -0.39 is 13.7 Å². The Labute approximate surface area is 295 Å². The Morgan fingerprint density at radius 3 is 1.34 bits per heavy atom. The Bertz CT molecular complexity index is 2060. The molecule has 0 amide bonds. The molecule has 2 aromatic carbocycles. The van der Waals surface area contributed by atoms with Gasteiger partial charge >= 0.3 is 0 Å². The molecule has 4 aromatic rings. The lowest BCUT2D eigenvalue weighted by atomic mass is 9.62. The van der Waals surface area contributed by atoms with Crippen molar-refractivity contribution in [3.63, 3.8) is 0 Å². The molecule has 0 saturated heterocycles. The number of aromatic nitrogens is 2. The van der Waals surface area contributed by atoms with Crippen molar-refractivity contribution in [2.75, 3.05) is 0 Å². The van der Waals surface area contributed by atoms with Crippen LogP contribution >= 0.6 is 0 Å². The van der Waals surface area contributed by atoms with E-state index >= 15 is 0 Å². The minimum absolute atomic E-state index is 0.152. The minimum Gasteiger partial charge on any atom is -0.201 e. The molecule has 2 aliphatic rings. The first-order chi connectivity index (χ1) is 24.1. The summed E-state index contributed by atoms with van der Waals surface area (Å²) < 4.78 is 50.1. The molecular formula is C45H62N2+2. The van der Waals surface area contributed by atoms with Crippen LogP contribution in [-0.4, -0.2) is 0 Å². The number of aryl methyl sites for hydroxylation is 7. The number of hydrogen-bond acceptors (Lipinski definition) is 0. The highest BCUT2D eigenvalue weighted by molar-refractivity contribution is 5.67. The fraction of sp³-hybridized carbons (Fsp3) is 0.511. The SMILES string of the molecule is [2H]C([2H])([2H])c1c[n+](C)c(-c2cc3c(cc2C)C(C)(C)CCC3(C)C)cc1C.[2H]C([2H])([2H])c1ccc(-c2cc3c(cc2C)C(C)(C)CCC3(C)C)[n+](C)c1. The van der Waals surface area contributed by atoms with E-state index in [4.69, 9.17) is 8.22 Å². The van der Waals surface area contributed by atoms with Gasteiger partial charge in [-0.25, -0.2) is 9.13 Å². The second-order valence-electron chi connectivity index (χ2n) is 17.2. The van der Waals surface area contributed by atoms with Crippen LogP contribution in [0.3, 0.4) is 0 Å². The van der Waals surface area contributed by atoms with Gasteiger partial charge in [0.05, 0.1) is 0 Å². The average Bonchev–Trinajstić information content (AvgIpc) is 3.02. The lowest BCUT2D eigenvalue weighted by Gasteiger charge is -2.42. The first kappa shape index (κ1) is 27.7. The molecule has 2 aliphatic carbocycles. The van der Waals surface area contributed by atoms with E-state index in [1.54, 1.807) is 18.5 Å². The highest BCUT2D eigenvalue weighted by Crippen LogP contribution is 2.48. The van der Waals surface area contributed by atoms with Crippen LogP contribution in [0, 0.1) is 34.5 Å². The van der Waals surface area contributed by atoms with Gasteiger partial charge in [-0.15, -0.1) is 0 Å². The van der Waals surface area contributed by atoms with Crippen LogP contribution in [0.5, 0.6) is 0 Å². The molecule has 6 rings (SSSR count). The molecule has 0 aliphatic heterocycles. The van der Waals surface area contributed by atoms with Crippen molar-refractivity contribution in [2.45, 2.75) is 137 Å². The zero-order chi connectivity index (χ0) is 39.9. The number of hydrogen-bond donors (Lipinski definition) is 0. The van der Waals surface area contributed by atoms with Crippen LogP contribution in [0.4, 0.5) is 0 Å². The summed E-state index contributed by atoms with van der Waals surface area (Å²) in [5.41, 5.74) is 15.1. The summed E-state index contributed by atoms with van der Waals surface area (Å²) >= 11 is 0. The van der Waals surface area contributed by atoms with Crippen molar-refractivity contribution >= 4 is 0 Å². The van der Waals surface area contributed by atoms with Gasteiger partial charge in [-0.2, -0.15) is 0 Å². The maximum atomic E-state index is 7.77. The van der Waals surface area contributed by atoms with Crippen LogP contribution in [0.15, 0.2) is 54.9 Å². The number of pyridine rings is 2. The zero-order valence-electron chi connectivity index (χ0n) is 37.4. The van der Waals surface area contributed by atoms with Gasteiger partial charge in [-0.05, 0) is 139 Å². The van der Waals surface area contributed by atoms with E-state index in [9.17, 15) is 0 Å². The van der Waals surface area contributed by atoms with Gasteiger partial charge in [0.1, 0.15) is 14.1 Å². The molecule has 0 radical (unpaired) electrons. The van der Waals surface area contributed by atoms with Gasteiger partial charge in [-0.3, -0.25) is 0 Å². The molecule has 2 heterocycles. The topological polar surface area (TPSA) is 7.76 Å². The molecular weight excluding hydrogens is 569 g/mol. The Kier molecular flexibility index (Phi) is 7.07. The molecule has 0 saturated carbocycles. The fourth-order valence-corrected chi connectivity index (χ4v) is 7.90. The van der Waals surface area contributed by atoms with Crippen molar-refractivity contribution in [3.05, 3.63) is 105 Å². The van der Waals surface area contributed by atoms with Crippen LogP contribution in [0.25, 0.3) is 22.5 Å². The molecule has 0 unspecified atom stereocenters. The average molecular weight is 637 g/mol. The zero-order valence-corrected chi connectivity index (χ0v) is 31.4. The van der Waals surface area contributed by atoms with Crippen molar-refractivity contribution < 1.29 is 17.4 Å². The highest BCUT2D eigenvalue weighted by atomic mass is 14.9. The number of nitrogens with zero attached hydrogens (tertiary/aromatic N) is 2. The summed E-state index contributed by atoms with van der Waals surface area (Å²) in [4.78, 5) is 0. The quantitative estimate of drug-likeness (QED) is 0.193. The summed E-state index contributed by atoms with van der Waals surface area (Å²) in [6, 6.07) is 15.1. The van der Waals surface area contributed by atoms with Gasteiger partial charge in [0.2, 0.25) is 11.4 Å². The largest absolute Gasteiger partial charge is 0.212 e. The minimum atomic E-state index is -2.09. The van der Waals surface area contributed by atoms with Crippen molar-refractivity contribution in [2.24, 2.45) is 14.1 Å². The smallest absolute Gasteiger partial charge is 0.201 e. The summed E-state index contributed by atoms with van der Waals surface area (Å²) in [6.45, 7) is 20.8. The van der Waals surface area contributed by atoms with Gasteiger partial charge in [0.25, 0.3) is 0 Å². The van der Waals surface area contributed by atoms with Crippen LogP contribution in [-0.2, 0) is 35.8 Å². The van der Waals surface area contributed by atoms with E-state index in [1.165, 1.54) is 70.2 Å². The van der Waals surface area contributed by atoms with E-state index in [-0.39, 0.29) is 21.7 Å². The fourth-order valence-electron chi connectivity index (χ4n) is 7.90. The van der Waals surface area contributed by atoms with Gasteiger partial charge < -0.3 is 0 Å². The third-order valence-corrected chi connectivity index (χ3v) is 11.6. The molecule has 0 bridgehead atoms. The molecule has 2 heteroatoms. The third-order valence-electron chi connectivity index (χ3n) is 11.6. The lowest BCUT2D eigenvalue weighted by Crippen LogP contribution is -2.35. The second-order valence-corrected chi connectivity index (χ2v) is 17.2. The molecule has 250 valence electrons. The maximum Gasteiger partial charge on any atom is 0.212 e. The van der Waals surface area contributed by atoms with Crippen molar-refractivity contribution in [3.8, 4) is 22.5 Å². The monoisotopic (exact) mass is 637 g/mol. The Balaban J connectivity index is 0.000000204. The molecule has 47 heavy (non-hydrogen) atoms. The van der Waals surface area contributed by atoms with Gasteiger partial charge in [-0.1, -0.05) is 67.5 Å². The lowest BCUT2D eigenvalue weighted by molar-refractivity contribution is -0.660. The predicted octanol–water partition coefficient (Wildman–Crippen LogP) is 10.6. The Morgan fingerprint density at radius 1 is 0.489 bits per heavy atom. The van der Waals surface area contributed by atoms with E-state index in [1.807, 2.05) is 42.3 Å². The van der Waals surface area contributed by atoms with Gasteiger partial charge in [0, 0.05) is 42.6 Å². The van der Waals surface area contributed by atoms with E-state index in [2.05, 4.69) is 93.5 Å². The normalized spacial score (nSPS) is 20.9. The molecule has 0 spiro atoms. The van der Waals surface area contributed by atoms with Gasteiger partial charge in [0.15, 0.2) is 12.4 Å². The molecule has 0 fully saturated rings. The van der Waals surface area contributed by atoms with E-state index in [0.717, 1.165) is 17.0 Å². The first-order valence-corrected chi connectivity index (χ1v) is 17.4. The van der Waals surface area contributed by atoms with E-state index in [0.29, 0.717) is 11.1 Å². The van der Waals surface area contributed by atoms with Crippen LogP contribution in [0.2, 0.25) is 0 Å². The summed E-state index contributed by atoms with van der Waals surface area (Å²) in [5.74, 6) is 0. The Morgan fingerprint density at radius 2 is 0.915 bits per heavy atom. The van der Waals surface area contributed by atoms with Crippen molar-refractivity contribution in [1.29, 1.82) is 0 Å².